The van der Waals surface area contributed by atoms with Crippen molar-refractivity contribution in [3.63, 3.8) is 0 Å². The molecule has 2 atom stereocenters. The lowest BCUT2D eigenvalue weighted by atomic mass is 10.1. The number of allylic oxidation sites excluding steroid dienone is 7. The average molecular weight is 870 g/mol. The minimum absolute atomic E-state index is 0.0122. The third kappa shape index (κ3) is 47.3. The van der Waals surface area contributed by atoms with Gasteiger partial charge in [-0.15, -0.1) is 0 Å². The first-order valence-corrected chi connectivity index (χ1v) is 26.9. The Labute approximate surface area is 385 Å². The maximum absolute atomic E-state index is 12.4. The first kappa shape index (κ1) is 59.8. The van der Waals surface area contributed by atoms with Crippen molar-refractivity contribution in [1.29, 1.82) is 0 Å². The van der Waals surface area contributed by atoms with Gasteiger partial charge in [-0.1, -0.05) is 217 Å². The molecule has 0 spiro atoms. The highest BCUT2D eigenvalue weighted by Crippen LogP contribution is 2.14. The highest BCUT2D eigenvalue weighted by atomic mass is 16.5. The number of unbranched alkanes of at least 4 members (excludes halogenated alkanes) is 32. The molecule has 0 saturated heterocycles. The average Bonchev–Trinajstić information content (AvgIpc) is 3.27. The number of hydrogen-bond donors (Lipinski definition) is 3. The summed E-state index contributed by atoms with van der Waals surface area (Å²) in [5.41, 5.74) is 0. The zero-order valence-corrected chi connectivity index (χ0v) is 41.1. The van der Waals surface area contributed by atoms with Crippen molar-refractivity contribution in [3.8, 4) is 0 Å². The van der Waals surface area contributed by atoms with Crippen LogP contribution in [0, 0.1) is 0 Å². The van der Waals surface area contributed by atoms with E-state index in [0.29, 0.717) is 19.4 Å². The quantitative estimate of drug-likeness (QED) is 0.0322. The van der Waals surface area contributed by atoms with Crippen molar-refractivity contribution < 1.29 is 24.5 Å². The van der Waals surface area contributed by atoms with E-state index in [1.165, 1.54) is 173 Å². The van der Waals surface area contributed by atoms with Gasteiger partial charge in [-0.3, -0.25) is 9.59 Å². The van der Waals surface area contributed by atoms with Gasteiger partial charge in [-0.05, 0) is 89.9 Å². The summed E-state index contributed by atoms with van der Waals surface area (Å²) < 4.78 is 5.47. The zero-order valence-electron chi connectivity index (χ0n) is 41.1. The standard InChI is InChI=1S/C56H103NO5/c1-3-5-7-9-11-13-15-16-17-18-19-23-26-30-34-38-42-46-50-56(61)62-51-47-43-39-35-31-27-24-21-20-22-25-29-33-37-41-45-49-55(60)57-53(52-58)54(59)48-44-40-36-32-28-14-12-10-8-6-4-2/h13,15,17-18,20,22,44,48,53-54,58-59H,3-12,14,16,19,21,23-43,45-47,49-52H2,1-2H3,(H,57,60)/b15-13-,18-17-,22-20-,48-44+. The first-order valence-electron chi connectivity index (χ1n) is 26.9. The molecule has 0 aromatic rings. The third-order valence-corrected chi connectivity index (χ3v) is 12.1. The van der Waals surface area contributed by atoms with Gasteiger partial charge in [0.05, 0.1) is 25.4 Å². The van der Waals surface area contributed by atoms with Gasteiger partial charge in [0.25, 0.3) is 0 Å². The summed E-state index contributed by atoms with van der Waals surface area (Å²) in [6.45, 7) is 4.84. The van der Waals surface area contributed by atoms with Crippen LogP contribution in [0.25, 0.3) is 0 Å². The molecule has 0 bridgehead atoms. The normalized spacial score (nSPS) is 13.0. The van der Waals surface area contributed by atoms with E-state index in [1.54, 1.807) is 6.08 Å². The molecule has 0 fully saturated rings. The summed E-state index contributed by atoms with van der Waals surface area (Å²) in [6, 6.07) is -0.640. The van der Waals surface area contributed by atoms with Crippen LogP contribution in [0.3, 0.4) is 0 Å². The Morgan fingerprint density at radius 1 is 0.452 bits per heavy atom. The number of aliphatic hydroxyl groups excluding tert-OH is 2. The highest BCUT2D eigenvalue weighted by molar-refractivity contribution is 5.76. The highest BCUT2D eigenvalue weighted by Gasteiger charge is 2.18. The minimum Gasteiger partial charge on any atom is -0.466 e. The SMILES string of the molecule is CCCCCC/C=C\C/C=C\CCCCCCCCCC(=O)OCCCCCCCCC/C=C\CCCCCCCC(=O)NC(CO)C(O)/C=C/CCCCCCCCCCC. The molecule has 0 aliphatic rings. The number of aliphatic hydroxyl groups is 2. The van der Waals surface area contributed by atoms with Crippen molar-refractivity contribution in [2.24, 2.45) is 0 Å². The second kappa shape index (κ2) is 51.5. The van der Waals surface area contributed by atoms with Crippen molar-refractivity contribution in [3.05, 3.63) is 48.6 Å². The predicted octanol–water partition coefficient (Wildman–Crippen LogP) is 16.2. The van der Waals surface area contributed by atoms with E-state index in [4.69, 9.17) is 4.74 Å². The van der Waals surface area contributed by atoms with Gasteiger partial charge in [0.1, 0.15) is 0 Å². The molecule has 0 heterocycles. The van der Waals surface area contributed by atoms with Crippen molar-refractivity contribution >= 4 is 11.9 Å². The molecule has 6 nitrogen and oxygen atoms in total. The van der Waals surface area contributed by atoms with E-state index in [0.717, 1.165) is 70.6 Å². The number of carbonyl (C=O) groups is 2. The molecule has 1 amide bonds. The fraction of sp³-hybridized carbons (Fsp3) is 0.821. The first-order chi connectivity index (χ1) is 30.5. The predicted molar refractivity (Wildman–Crippen MR) is 269 cm³/mol. The molecule has 0 saturated carbocycles. The van der Waals surface area contributed by atoms with Gasteiger partial charge >= 0.3 is 5.97 Å². The number of nitrogens with one attached hydrogen (secondary N) is 1. The Morgan fingerprint density at radius 2 is 0.806 bits per heavy atom. The van der Waals surface area contributed by atoms with E-state index in [1.807, 2.05) is 6.08 Å². The molecular weight excluding hydrogens is 767 g/mol. The molecule has 0 aromatic heterocycles. The van der Waals surface area contributed by atoms with Crippen molar-refractivity contribution in [2.45, 2.75) is 283 Å². The number of esters is 1. The number of amides is 1. The fourth-order valence-corrected chi connectivity index (χ4v) is 7.89. The number of carbonyl (C=O) groups excluding carboxylic acids is 2. The number of rotatable bonds is 49. The van der Waals surface area contributed by atoms with Crippen molar-refractivity contribution in [1.82, 2.24) is 5.32 Å². The fourth-order valence-electron chi connectivity index (χ4n) is 7.89. The molecule has 0 radical (unpaired) electrons. The molecule has 6 heteroatoms. The molecule has 0 aromatic carbocycles. The van der Waals surface area contributed by atoms with Gasteiger partial charge in [0.15, 0.2) is 0 Å². The van der Waals surface area contributed by atoms with E-state index >= 15 is 0 Å². The smallest absolute Gasteiger partial charge is 0.305 e. The molecular formula is C56H103NO5. The lowest BCUT2D eigenvalue weighted by Gasteiger charge is -2.20. The zero-order chi connectivity index (χ0) is 45.1. The molecule has 0 aliphatic carbocycles. The van der Waals surface area contributed by atoms with E-state index in [-0.39, 0.29) is 18.5 Å². The second-order valence-electron chi connectivity index (χ2n) is 18.2. The van der Waals surface area contributed by atoms with Crippen LogP contribution < -0.4 is 5.32 Å². The van der Waals surface area contributed by atoms with Crippen LogP contribution in [0.2, 0.25) is 0 Å². The number of ether oxygens (including phenoxy) is 1. The van der Waals surface area contributed by atoms with Crippen LogP contribution in [0.5, 0.6) is 0 Å². The van der Waals surface area contributed by atoms with Gasteiger partial charge < -0.3 is 20.3 Å². The van der Waals surface area contributed by atoms with Crippen molar-refractivity contribution in [2.75, 3.05) is 13.2 Å². The lowest BCUT2D eigenvalue weighted by molar-refractivity contribution is -0.143. The minimum atomic E-state index is -0.854. The Kier molecular flexibility index (Phi) is 49.6. The van der Waals surface area contributed by atoms with Gasteiger partial charge in [0.2, 0.25) is 5.91 Å². The van der Waals surface area contributed by atoms with Crippen LogP contribution in [-0.2, 0) is 14.3 Å². The van der Waals surface area contributed by atoms with Gasteiger partial charge in [-0.25, -0.2) is 0 Å². The molecule has 2 unspecified atom stereocenters. The largest absolute Gasteiger partial charge is 0.466 e. The molecule has 0 rings (SSSR count). The molecule has 0 aliphatic heterocycles. The Bertz CT molecular complexity index is 1050. The summed E-state index contributed by atoms with van der Waals surface area (Å²) in [4.78, 5) is 24.5. The lowest BCUT2D eigenvalue weighted by Crippen LogP contribution is -2.45. The maximum Gasteiger partial charge on any atom is 0.305 e. The molecule has 62 heavy (non-hydrogen) atoms. The Morgan fingerprint density at radius 3 is 1.26 bits per heavy atom. The van der Waals surface area contributed by atoms with Crippen LogP contribution >= 0.6 is 0 Å². The Balaban J connectivity index is 3.48. The van der Waals surface area contributed by atoms with Gasteiger partial charge in [-0.2, -0.15) is 0 Å². The molecule has 362 valence electrons. The second-order valence-corrected chi connectivity index (χ2v) is 18.2. The molecule has 3 N–H and O–H groups in total. The summed E-state index contributed by atoms with van der Waals surface area (Å²) in [7, 11) is 0. The summed E-state index contributed by atoms with van der Waals surface area (Å²) in [5.74, 6) is -0.100. The monoisotopic (exact) mass is 870 g/mol. The summed E-state index contributed by atoms with van der Waals surface area (Å²) >= 11 is 0. The van der Waals surface area contributed by atoms with E-state index in [2.05, 4.69) is 55.6 Å². The van der Waals surface area contributed by atoms with Crippen LogP contribution in [0.4, 0.5) is 0 Å². The van der Waals surface area contributed by atoms with Gasteiger partial charge in [0, 0.05) is 12.8 Å². The Hall–Kier alpha value is -2.18. The maximum atomic E-state index is 12.4. The van der Waals surface area contributed by atoms with Crippen LogP contribution in [0.15, 0.2) is 48.6 Å². The third-order valence-electron chi connectivity index (χ3n) is 12.1. The van der Waals surface area contributed by atoms with E-state index in [9.17, 15) is 19.8 Å². The van der Waals surface area contributed by atoms with Crippen LogP contribution in [-0.4, -0.2) is 47.4 Å². The van der Waals surface area contributed by atoms with E-state index < -0.39 is 12.1 Å². The summed E-state index contributed by atoms with van der Waals surface area (Å²) in [5, 5.41) is 23.0. The topological polar surface area (TPSA) is 95.9 Å². The summed E-state index contributed by atoms with van der Waals surface area (Å²) in [6.07, 6.45) is 64.0. The number of hydrogen-bond acceptors (Lipinski definition) is 5. The van der Waals surface area contributed by atoms with Crippen LogP contribution in [0.1, 0.15) is 271 Å².